The predicted molar refractivity (Wildman–Crippen MR) is 107 cm³/mol. The quantitative estimate of drug-likeness (QED) is 0.418. The number of nitro groups is 1. The Morgan fingerprint density at radius 3 is 2.58 bits per heavy atom. The van der Waals surface area contributed by atoms with Gasteiger partial charge in [0.05, 0.1) is 4.92 Å². The van der Waals surface area contributed by atoms with Crippen molar-refractivity contribution < 1.29 is 14.5 Å². The molecule has 2 N–H and O–H groups in total. The van der Waals surface area contributed by atoms with Crippen LogP contribution in [0.4, 0.5) is 11.4 Å². The molecule has 1 amide bonds. The van der Waals surface area contributed by atoms with E-state index in [0.29, 0.717) is 17.0 Å². The first kappa shape index (κ1) is 19.8. The van der Waals surface area contributed by atoms with Crippen LogP contribution in [-0.4, -0.2) is 22.5 Å². The van der Waals surface area contributed by atoms with Gasteiger partial charge in [0.25, 0.3) is 11.6 Å². The highest BCUT2D eigenvalue weighted by Crippen LogP contribution is 2.22. The van der Waals surface area contributed by atoms with Gasteiger partial charge in [-0.1, -0.05) is 15.9 Å². The van der Waals surface area contributed by atoms with Gasteiger partial charge in [-0.25, -0.2) is 0 Å². The number of non-ortho nitro benzene ring substituents is 1. The summed E-state index contributed by atoms with van der Waals surface area (Å²) >= 11 is 8.45. The predicted octanol–water partition coefficient (Wildman–Crippen LogP) is 3.87. The first-order chi connectivity index (χ1) is 12.3. The van der Waals surface area contributed by atoms with Gasteiger partial charge in [0.1, 0.15) is 5.75 Å². The topological polar surface area (TPSA) is 93.5 Å². The number of nitro benzene ring substituents is 1. The Kier molecular flexibility index (Phi) is 6.64. The number of thiocarbonyl (C=S) groups is 1. The summed E-state index contributed by atoms with van der Waals surface area (Å²) in [6, 6.07) is 9.79. The Labute approximate surface area is 164 Å². The zero-order valence-electron chi connectivity index (χ0n) is 14.0. The molecule has 2 aromatic carbocycles. The van der Waals surface area contributed by atoms with Crippen LogP contribution in [0.2, 0.25) is 0 Å². The number of nitrogens with zero attached hydrogens (tertiary/aromatic N) is 1. The van der Waals surface area contributed by atoms with Gasteiger partial charge in [-0.2, -0.15) is 0 Å². The molecule has 0 saturated carbocycles. The van der Waals surface area contributed by atoms with Crippen molar-refractivity contribution in [3.8, 4) is 5.75 Å². The number of carbonyl (C=O) groups excluding carboxylic acids is 1. The monoisotopic (exact) mass is 437 g/mol. The van der Waals surface area contributed by atoms with Gasteiger partial charge in [-0.15, -0.1) is 0 Å². The van der Waals surface area contributed by atoms with Crippen LogP contribution >= 0.6 is 28.1 Å². The summed E-state index contributed by atoms with van der Waals surface area (Å²) in [7, 11) is 0. The third-order valence-corrected chi connectivity index (χ3v) is 4.12. The summed E-state index contributed by atoms with van der Waals surface area (Å²) in [6.07, 6.45) is 0. The SMILES string of the molecule is Cc1cc([N+](=O)[O-])ccc1NC(=S)NC(=O)COc1ccc(Br)cc1C. The maximum atomic E-state index is 12.0. The molecule has 136 valence electrons. The summed E-state index contributed by atoms with van der Waals surface area (Å²) in [6.45, 7) is 3.39. The zero-order valence-corrected chi connectivity index (χ0v) is 16.4. The lowest BCUT2D eigenvalue weighted by molar-refractivity contribution is -0.384. The summed E-state index contributed by atoms with van der Waals surface area (Å²) in [4.78, 5) is 22.2. The molecule has 0 bridgehead atoms. The molecule has 9 heteroatoms. The second-order valence-electron chi connectivity index (χ2n) is 5.46. The molecular formula is C17H16BrN3O4S. The number of nitrogens with one attached hydrogen (secondary N) is 2. The van der Waals surface area contributed by atoms with Crippen molar-refractivity contribution in [2.45, 2.75) is 13.8 Å². The number of amides is 1. The van der Waals surface area contributed by atoms with Crippen molar-refractivity contribution in [2.75, 3.05) is 11.9 Å². The normalized spacial score (nSPS) is 10.1. The van der Waals surface area contributed by atoms with E-state index < -0.39 is 10.8 Å². The lowest BCUT2D eigenvalue weighted by Gasteiger charge is -2.13. The Morgan fingerprint density at radius 1 is 1.23 bits per heavy atom. The van der Waals surface area contributed by atoms with Gasteiger partial charge in [0.15, 0.2) is 11.7 Å². The van der Waals surface area contributed by atoms with Crippen LogP contribution in [0.5, 0.6) is 5.75 Å². The lowest BCUT2D eigenvalue weighted by Crippen LogP contribution is -2.37. The summed E-state index contributed by atoms with van der Waals surface area (Å²) in [5.41, 5.74) is 2.10. The molecule has 0 radical (unpaired) electrons. The molecule has 0 saturated heterocycles. The van der Waals surface area contributed by atoms with E-state index in [2.05, 4.69) is 26.6 Å². The standard InChI is InChI=1S/C17H16BrN3O4S/c1-10-8-13(21(23)24)4-5-14(10)19-17(26)20-16(22)9-25-15-6-3-12(18)7-11(15)2/h3-8H,9H2,1-2H3,(H2,19,20,22,26). The Balaban J connectivity index is 1.89. The van der Waals surface area contributed by atoms with Crippen LogP contribution in [0.3, 0.4) is 0 Å². The van der Waals surface area contributed by atoms with E-state index in [9.17, 15) is 14.9 Å². The molecule has 0 unspecified atom stereocenters. The minimum atomic E-state index is -0.474. The molecular weight excluding hydrogens is 422 g/mol. The fourth-order valence-electron chi connectivity index (χ4n) is 2.14. The maximum absolute atomic E-state index is 12.0. The Bertz CT molecular complexity index is 873. The first-order valence-electron chi connectivity index (χ1n) is 7.51. The number of carbonyl (C=O) groups is 1. The van der Waals surface area contributed by atoms with E-state index >= 15 is 0 Å². The highest BCUT2D eigenvalue weighted by Gasteiger charge is 2.11. The van der Waals surface area contributed by atoms with Crippen molar-refractivity contribution in [3.63, 3.8) is 0 Å². The van der Waals surface area contributed by atoms with Crippen molar-refractivity contribution >= 4 is 50.5 Å². The molecule has 0 heterocycles. The summed E-state index contributed by atoms with van der Waals surface area (Å²) < 4.78 is 6.40. The number of benzene rings is 2. The van der Waals surface area contributed by atoms with Crippen molar-refractivity contribution in [1.29, 1.82) is 0 Å². The molecule has 0 aromatic heterocycles. The fourth-order valence-corrected chi connectivity index (χ4v) is 2.84. The van der Waals surface area contributed by atoms with Crippen molar-refractivity contribution in [2.24, 2.45) is 0 Å². The van der Waals surface area contributed by atoms with E-state index in [4.69, 9.17) is 17.0 Å². The number of ether oxygens (including phenoxy) is 1. The molecule has 0 aliphatic carbocycles. The number of rotatable bonds is 5. The molecule has 0 atom stereocenters. The van der Waals surface area contributed by atoms with Gasteiger partial charge in [0.2, 0.25) is 0 Å². The molecule has 0 aliphatic rings. The van der Waals surface area contributed by atoms with E-state index in [-0.39, 0.29) is 17.4 Å². The number of halogens is 1. The molecule has 0 spiro atoms. The van der Waals surface area contributed by atoms with E-state index in [1.807, 2.05) is 19.1 Å². The highest BCUT2D eigenvalue weighted by atomic mass is 79.9. The van der Waals surface area contributed by atoms with Gasteiger partial charge in [-0.05, 0) is 61.5 Å². The van der Waals surface area contributed by atoms with Crippen LogP contribution < -0.4 is 15.4 Å². The largest absolute Gasteiger partial charge is 0.483 e. The van der Waals surface area contributed by atoms with Gasteiger partial charge >= 0.3 is 0 Å². The summed E-state index contributed by atoms with van der Waals surface area (Å²) in [5.74, 6) is 0.192. The molecule has 0 aliphatic heterocycles. The minimum absolute atomic E-state index is 0.0127. The van der Waals surface area contributed by atoms with Crippen LogP contribution in [-0.2, 0) is 4.79 Å². The minimum Gasteiger partial charge on any atom is -0.483 e. The van der Waals surface area contributed by atoms with Crippen molar-refractivity contribution in [1.82, 2.24) is 5.32 Å². The van der Waals surface area contributed by atoms with E-state index in [0.717, 1.165) is 10.0 Å². The third kappa shape index (κ3) is 5.50. The molecule has 2 aromatic rings. The zero-order chi connectivity index (χ0) is 19.3. The second-order valence-corrected chi connectivity index (χ2v) is 6.78. The maximum Gasteiger partial charge on any atom is 0.269 e. The molecule has 7 nitrogen and oxygen atoms in total. The first-order valence-corrected chi connectivity index (χ1v) is 8.71. The van der Waals surface area contributed by atoms with Crippen molar-refractivity contribution in [3.05, 3.63) is 62.1 Å². The fraction of sp³-hybridized carbons (Fsp3) is 0.176. The lowest BCUT2D eigenvalue weighted by atomic mass is 10.2. The number of aryl methyl sites for hydroxylation is 2. The van der Waals surface area contributed by atoms with Crippen LogP contribution in [0.15, 0.2) is 40.9 Å². The summed E-state index contributed by atoms with van der Waals surface area (Å²) in [5, 5.41) is 16.2. The number of hydrogen-bond acceptors (Lipinski definition) is 5. The second kappa shape index (κ2) is 8.72. The van der Waals surface area contributed by atoms with E-state index in [1.54, 1.807) is 13.0 Å². The Hall–Kier alpha value is -2.52. The number of anilines is 1. The van der Waals surface area contributed by atoms with Gasteiger partial charge in [-0.3, -0.25) is 20.2 Å². The van der Waals surface area contributed by atoms with E-state index in [1.165, 1.54) is 18.2 Å². The van der Waals surface area contributed by atoms with Crippen LogP contribution in [0, 0.1) is 24.0 Å². The average Bonchev–Trinajstić information content (AvgIpc) is 2.55. The number of hydrogen-bond donors (Lipinski definition) is 2. The molecule has 26 heavy (non-hydrogen) atoms. The van der Waals surface area contributed by atoms with Crippen LogP contribution in [0.25, 0.3) is 0 Å². The van der Waals surface area contributed by atoms with Crippen LogP contribution in [0.1, 0.15) is 11.1 Å². The van der Waals surface area contributed by atoms with Gasteiger partial charge < -0.3 is 10.1 Å². The van der Waals surface area contributed by atoms with Gasteiger partial charge in [0, 0.05) is 22.3 Å². The Morgan fingerprint density at radius 2 is 1.96 bits per heavy atom. The smallest absolute Gasteiger partial charge is 0.269 e. The third-order valence-electron chi connectivity index (χ3n) is 3.42. The highest BCUT2D eigenvalue weighted by molar-refractivity contribution is 9.10. The molecule has 2 rings (SSSR count). The molecule has 0 fully saturated rings. The average molecular weight is 438 g/mol.